The molecule has 1 saturated heterocycles. The van der Waals surface area contributed by atoms with Gasteiger partial charge in [0.05, 0.1) is 6.04 Å². The highest BCUT2D eigenvalue weighted by Crippen LogP contribution is 1.96. The van der Waals surface area contributed by atoms with Crippen molar-refractivity contribution in [3.8, 4) is 0 Å². The molecule has 0 amide bonds. The smallest absolute Gasteiger partial charge is 0.140 e. The highest BCUT2D eigenvalue weighted by molar-refractivity contribution is 5.90. The average Bonchev–Trinajstić information content (AvgIpc) is 2.33. The Kier molecular flexibility index (Phi) is 0.927. The molecule has 2 aliphatic heterocycles. The van der Waals surface area contributed by atoms with Crippen molar-refractivity contribution in [1.29, 1.82) is 0 Å². The predicted molar refractivity (Wildman–Crippen MR) is 34.6 cm³/mol. The summed E-state index contributed by atoms with van der Waals surface area (Å²) < 4.78 is 0. The third kappa shape index (κ3) is 0.675. The first kappa shape index (κ1) is 4.81. The SMILES string of the molecule is C1=CNC2CNNC2=N1. The average molecular weight is 124 g/mol. The van der Waals surface area contributed by atoms with Gasteiger partial charge in [-0.15, -0.1) is 0 Å². The number of hydrazine groups is 1. The van der Waals surface area contributed by atoms with Gasteiger partial charge in [-0.1, -0.05) is 0 Å². The van der Waals surface area contributed by atoms with Gasteiger partial charge in [-0.05, 0) is 0 Å². The molecule has 0 aromatic rings. The fourth-order valence-corrected chi connectivity index (χ4v) is 0.964. The zero-order valence-corrected chi connectivity index (χ0v) is 4.89. The maximum Gasteiger partial charge on any atom is 0.140 e. The third-order valence-corrected chi connectivity index (χ3v) is 1.44. The summed E-state index contributed by atoms with van der Waals surface area (Å²) in [5, 5.41) is 3.14. The van der Waals surface area contributed by atoms with E-state index in [0.29, 0.717) is 6.04 Å². The van der Waals surface area contributed by atoms with Crippen LogP contribution in [0.2, 0.25) is 0 Å². The van der Waals surface area contributed by atoms with E-state index in [1.165, 1.54) is 0 Å². The molecule has 0 aromatic heterocycles. The molecule has 2 aliphatic rings. The van der Waals surface area contributed by atoms with Crippen LogP contribution < -0.4 is 16.2 Å². The number of hydrogen-bond acceptors (Lipinski definition) is 4. The summed E-state index contributed by atoms with van der Waals surface area (Å²) in [6, 6.07) is 0.356. The molecule has 1 unspecified atom stereocenters. The van der Waals surface area contributed by atoms with Gasteiger partial charge in [0.1, 0.15) is 5.84 Å². The van der Waals surface area contributed by atoms with Gasteiger partial charge in [-0.3, -0.25) is 0 Å². The molecular weight excluding hydrogens is 116 g/mol. The Morgan fingerprint density at radius 3 is 3.56 bits per heavy atom. The van der Waals surface area contributed by atoms with Gasteiger partial charge < -0.3 is 10.7 Å². The van der Waals surface area contributed by atoms with Crippen LogP contribution in [0.5, 0.6) is 0 Å². The van der Waals surface area contributed by atoms with Crippen molar-refractivity contribution in [2.24, 2.45) is 4.99 Å². The van der Waals surface area contributed by atoms with Crippen LogP contribution in [0.15, 0.2) is 17.4 Å². The highest BCUT2D eigenvalue weighted by Gasteiger charge is 2.20. The second kappa shape index (κ2) is 1.73. The zero-order valence-electron chi connectivity index (χ0n) is 4.89. The summed E-state index contributed by atoms with van der Waals surface area (Å²) in [7, 11) is 0. The fourth-order valence-electron chi connectivity index (χ4n) is 0.964. The summed E-state index contributed by atoms with van der Waals surface area (Å²) >= 11 is 0. The van der Waals surface area contributed by atoms with Crippen LogP contribution >= 0.6 is 0 Å². The number of fused-ring (bicyclic) bond motifs is 1. The van der Waals surface area contributed by atoms with E-state index in [4.69, 9.17) is 0 Å². The van der Waals surface area contributed by atoms with E-state index in [1.54, 1.807) is 6.20 Å². The normalized spacial score (nSPS) is 30.2. The molecule has 2 heterocycles. The molecule has 0 spiro atoms. The number of amidine groups is 1. The van der Waals surface area contributed by atoms with Gasteiger partial charge in [0.15, 0.2) is 0 Å². The molecule has 0 bridgehead atoms. The lowest BCUT2D eigenvalue weighted by atomic mass is 10.3. The van der Waals surface area contributed by atoms with Crippen molar-refractivity contribution in [1.82, 2.24) is 16.2 Å². The Labute approximate surface area is 53.0 Å². The topological polar surface area (TPSA) is 48.4 Å². The van der Waals surface area contributed by atoms with Crippen molar-refractivity contribution >= 4 is 5.84 Å². The molecule has 3 N–H and O–H groups in total. The fraction of sp³-hybridized carbons (Fsp3) is 0.400. The molecular formula is C5H8N4. The number of nitrogens with one attached hydrogen (secondary N) is 3. The summed E-state index contributed by atoms with van der Waals surface area (Å²) in [5.41, 5.74) is 5.93. The summed E-state index contributed by atoms with van der Waals surface area (Å²) in [5.74, 6) is 0.984. The summed E-state index contributed by atoms with van der Waals surface area (Å²) in [6.07, 6.45) is 3.59. The number of aliphatic imine (C=N–C) groups is 1. The van der Waals surface area contributed by atoms with E-state index in [0.717, 1.165) is 12.4 Å². The minimum absolute atomic E-state index is 0.356. The number of hydrogen-bond donors (Lipinski definition) is 3. The lowest BCUT2D eigenvalue weighted by molar-refractivity contribution is 0.677. The number of rotatable bonds is 0. The lowest BCUT2D eigenvalue weighted by Crippen LogP contribution is -2.36. The predicted octanol–water partition coefficient (Wildman–Crippen LogP) is -1.06. The van der Waals surface area contributed by atoms with E-state index in [-0.39, 0.29) is 0 Å². The van der Waals surface area contributed by atoms with Crippen molar-refractivity contribution < 1.29 is 0 Å². The van der Waals surface area contributed by atoms with E-state index in [9.17, 15) is 0 Å². The second-order valence-corrected chi connectivity index (χ2v) is 2.06. The van der Waals surface area contributed by atoms with Gasteiger partial charge in [0, 0.05) is 18.9 Å². The van der Waals surface area contributed by atoms with Gasteiger partial charge in [-0.2, -0.15) is 0 Å². The van der Waals surface area contributed by atoms with Crippen LogP contribution in [-0.2, 0) is 0 Å². The first-order chi connectivity index (χ1) is 4.47. The second-order valence-electron chi connectivity index (χ2n) is 2.06. The van der Waals surface area contributed by atoms with Crippen molar-refractivity contribution in [3.63, 3.8) is 0 Å². The van der Waals surface area contributed by atoms with Gasteiger partial charge in [0.2, 0.25) is 0 Å². The minimum atomic E-state index is 0.356. The Morgan fingerprint density at radius 1 is 1.67 bits per heavy atom. The molecule has 0 aliphatic carbocycles. The standard InChI is InChI=1S/C5H8N4/c1-2-7-5-4(6-1)3-8-9-5/h1-2,4,6,8H,3H2,(H,7,9). The van der Waals surface area contributed by atoms with E-state index in [1.807, 2.05) is 6.20 Å². The summed E-state index contributed by atoms with van der Waals surface area (Å²) in [6.45, 7) is 0.906. The van der Waals surface area contributed by atoms with Crippen molar-refractivity contribution in [2.45, 2.75) is 6.04 Å². The molecule has 4 nitrogen and oxygen atoms in total. The third-order valence-electron chi connectivity index (χ3n) is 1.44. The molecule has 0 aromatic carbocycles. The van der Waals surface area contributed by atoms with Crippen LogP contribution in [0, 0.1) is 0 Å². The molecule has 1 fully saturated rings. The highest BCUT2D eigenvalue weighted by atomic mass is 15.4. The number of nitrogens with zero attached hydrogens (tertiary/aromatic N) is 1. The monoisotopic (exact) mass is 124 g/mol. The van der Waals surface area contributed by atoms with Gasteiger partial charge in [-0.25, -0.2) is 10.4 Å². The molecule has 9 heavy (non-hydrogen) atoms. The molecule has 2 rings (SSSR count). The van der Waals surface area contributed by atoms with Crippen molar-refractivity contribution in [2.75, 3.05) is 6.54 Å². The Morgan fingerprint density at radius 2 is 2.67 bits per heavy atom. The maximum absolute atomic E-state index is 4.09. The Balaban J connectivity index is 2.23. The van der Waals surface area contributed by atoms with Crippen LogP contribution in [0.25, 0.3) is 0 Å². The lowest BCUT2D eigenvalue weighted by Gasteiger charge is -2.10. The Bertz CT molecular complexity index is 172. The minimum Gasteiger partial charge on any atom is -0.379 e. The molecule has 4 heteroatoms. The van der Waals surface area contributed by atoms with E-state index >= 15 is 0 Å². The maximum atomic E-state index is 4.09. The van der Waals surface area contributed by atoms with Crippen LogP contribution in [0.3, 0.4) is 0 Å². The largest absolute Gasteiger partial charge is 0.379 e. The van der Waals surface area contributed by atoms with E-state index in [2.05, 4.69) is 21.2 Å². The first-order valence-corrected chi connectivity index (χ1v) is 2.94. The first-order valence-electron chi connectivity index (χ1n) is 2.94. The van der Waals surface area contributed by atoms with Crippen LogP contribution in [0.4, 0.5) is 0 Å². The molecule has 0 saturated carbocycles. The zero-order chi connectivity index (χ0) is 6.10. The van der Waals surface area contributed by atoms with Crippen LogP contribution in [0.1, 0.15) is 0 Å². The van der Waals surface area contributed by atoms with E-state index < -0.39 is 0 Å². The quantitative estimate of drug-likeness (QED) is 0.385. The van der Waals surface area contributed by atoms with Crippen LogP contribution in [-0.4, -0.2) is 18.4 Å². The van der Waals surface area contributed by atoms with Gasteiger partial charge >= 0.3 is 0 Å². The van der Waals surface area contributed by atoms with Crippen molar-refractivity contribution in [3.05, 3.63) is 12.4 Å². The molecule has 48 valence electrons. The molecule has 0 radical (unpaired) electrons. The summed E-state index contributed by atoms with van der Waals surface area (Å²) in [4.78, 5) is 4.09. The molecule has 1 atom stereocenters. The van der Waals surface area contributed by atoms with Gasteiger partial charge in [0.25, 0.3) is 0 Å². The Hall–Kier alpha value is -1.03.